The van der Waals surface area contributed by atoms with Crippen molar-refractivity contribution < 1.29 is 23.8 Å². The molecule has 2 aromatic carbocycles. The molecule has 0 saturated carbocycles. The van der Waals surface area contributed by atoms with Crippen LogP contribution in [-0.2, 0) is 9.53 Å². The van der Waals surface area contributed by atoms with Crippen molar-refractivity contribution in [2.45, 2.75) is 11.3 Å². The van der Waals surface area contributed by atoms with Crippen molar-refractivity contribution in [3.05, 3.63) is 48.0 Å². The summed E-state index contributed by atoms with van der Waals surface area (Å²) in [6, 6.07) is 12.5. The number of amides is 1. The van der Waals surface area contributed by atoms with E-state index in [2.05, 4.69) is 5.32 Å². The minimum absolute atomic E-state index is 0.179. The van der Waals surface area contributed by atoms with Crippen molar-refractivity contribution in [3.8, 4) is 11.5 Å². The number of methoxy groups -OCH3 is 3. The molecule has 0 aliphatic rings. The Morgan fingerprint density at radius 2 is 1.62 bits per heavy atom. The lowest BCUT2D eigenvalue weighted by Gasteiger charge is -2.11. The quantitative estimate of drug-likeness (QED) is 0.561. The number of rotatable bonds is 8. The topological polar surface area (TPSA) is 73.9 Å². The van der Waals surface area contributed by atoms with E-state index < -0.39 is 5.97 Å². The van der Waals surface area contributed by atoms with Crippen molar-refractivity contribution >= 4 is 29.3 Å². The van der Waals surface area contributed by atoms with Crippen LogP contribution in [-0.4, -0.2) is 39.0 Å². The Bertz CT molecular complexity index is 761. The summed E-state index contributed by atoms with van der Waals surface area (Å²) in [6.07, 6.45) is 0.309. The number of benzene rings is 2. The maximum Gasteiger partial charge on any atom is 0.340 e. The standard InChI is InChI=1S/C19H21NO5S/c1-23-13-4-7-15(8-5-13)26-11-10-18(21)20-17-9-6-14(24-2)12-16(17)19(22)25-3/h4-9,12H,10-11H2,1-3H3,(H,20,21). The number of esters is 1. The highest BCUT2D eigenvalue weighted by molar-refractivity contribution is 7.99. The van der Waals surface area contributed by atoms with Gasteiger partial charge < -0.3 is 19.5 Å². The second-order valence-corrected chi connectivity index (χ2v) is 6.39. The number of carbonyl (C=O) groups excluding carboxylic acids is 2. The molecular weight excluding hydrogens is 354 g/mol. The van der Waals surface area contributed by atoms with Crippen LogP contribution in [0.1, 0.15) is 16.8 Å². The van der Waals surface area contributed by atoms with Crippen LogP contribution >= 0.6 is 11.8 Å². The van der Waals surface area contributed by atoms with Crippen molar-refractivity contribution in [3.63, 3.8) is 0 Å². The van der Waals surface area contributed by atoms with E-state index in [1.807, 2.05) is 24.3 Å². The summed E-state index contributed by atoms with van der Waals surface area (Å²) in [7, 11) is 4.41. The Hall–Kier alpha value is -2.67. The molecule has 138 valence electrons. The minimum atomic E-state index is -0.535. The predicted molar refractivity (Wildman–Crippen MR) is 101 cm³/mol. The number of hydrogen-bond acceptors (Lipinski definition) is 6. The Labute approximate surface area is 156 Å². The van der Waals surface area contributed by atoms with Crippen molar-refractivity contribution in [1.82, 2.24) is 0 Å². The summed E-state index contributed by atoms with van der Waals surface area (Å²) < 4.78 is 15.0. The smallest absolute Gasteiger partial charge is 0.340 e. The fraction of sp³-hybridized carbons (Fsp3) is 0.263. The second-order valence-electron chi connectivity index (χ2n) is 5.23. The van der Waals surface area contributed by atoms with E-state index in [4.69, 9.17) is 14.2 Å². The average Bonchev–Trinajstić information content (AvgIpc) is 2.68. The van der Waals surface area contributed by atoms with Crippen LogP contribution in [0.3, 0.4) is 0 Å². The molecule has 0 bridgehead atoms. The van der Waals surface area contributed by atoms with Gasteiger partial charge in [-0.3, -0.25) is 4.79 Å². The zero-order valence-corrected chi connectivity index (χ0v) is 15.7. The summed E-state index contributed by atoms with van der Waals surface area (Å²) in [5.74, 6) is 1.20. The Kier molecular flexibility index (Phi) is 7.35. The molecule has 1 N–H and O–H groups in total. The van der Waals surface area contributed by atoms with Crippen LogP contribution in [0.5, 0.6) is 11.5 Å². The molecular formula is C19H21NO5S. The van der Waals surface area contributed by atoms with E-state index in [1.165, 1.54) is 20.3 Å². The first-order valence-corrected chi connectivity index (χ1v) is 8.89. The lowest BCUT2D eigenvalue weighted by Crippen LogP contribution is -2.15. The monoisotopic (exact) mass is 375 g/mol. The zero-order valence-electron chi connectivity index (χ0n) is 14.9. The second kappa shape index (κ2) is 9.72. The van der Waals surface area contributed by atoms with Crippen LogP contribution < -0.4 is 14.8 Å². The van der Waals surface area contributed by atoms with E-state index >= 15 is 0 Å². The maximum absolute atomic E-state index is 12.2. The molecule has 2 aromatic rings. The van der Waals surface area contributed by atoms with Gasteiger partial charge in [0, 0.05) is 17.1 Å². The number of anilines is 1. The van der Waals surface area contributed by atoms with E-state index in [9.17, 15) is 9.59 Å². The molecule has 0 heterocycles. The maximum atomic E-state index is 12.2. The third-order valence-corrected chi connectivity index (χ3v) is 4.58. The first kappa shape index (κ1) is 19.7. The third-order valence-electron chi connectivity index (χ3n) is 3.56. The molecule has 0 radical (unpaired) electrons. The van der Waals surface area contributed by atoms with Gasteiger partial charge >= 0.3 is 5.97 Å². The molecule has 0 aliphatic carbocycles. The summed E-state index contributed by atoms with van der Waals surface area (Å²) in [5.41, 5.74) is 0.653. The van der Waals surface area contributed by atoms with Crippen molar-refractivity contribution in [2.75, 3.05) is 32.4 Å². The summed E-state index contributed by atoms with van der Waals surface area (Å²) in [6.45, 7) is 0. The lowest BCUT2D eigenvalue weighted by atomic mass is 10.1. The highest BCUT2D eigenvalue weighted by Gasteiger charge is 2.15. The van der Waals surface area contributed by atoms with Gasteiger partial charge in [-0.25, -0.2) is 4.79 Å². The van der Waals surface area contributed by atoms with Crippen LogP contribution in [0.25, 0.3) is 0 Å². The number of ether oxygens (including phenoxy) is 3. The normalized spacial score (nSPS) is 10.1. The molecule has 2 rings (SSSR count). The molecule has 7 heteroatoms. The SMILES string of the molecule is COC(=O)c1cc(OC)ccc1NC(=O)CCSc1ccc(OC)cc1. The van der Waals surface area contributed by atoms with Gasteiger partial charge in [0.25, 0.3) is 0 Å². The fourth-order valence-corrected chi connectivity index (χ4v) is 3.04. The first-order chi connectivity index (χ1) is 12.6. The highest BCUT2D eigenvalue weighted by Crippen LogP contribution is 2.24. The number of thioether (sulfide) groups is 1. The van der Waals surface area contributed by atoms with Crippen LogP contribution in [0.2, 0.25) is 0 Å². The molecule has 0 spiro atoms. The van der Waals surface area contributed by atoms with Gasteiger partial charge in [0.15, 0.2) is 0 Å². The summed E-state index contributed by atoms with van der Waals surface area (Å²) in [4.78, 5) is 25.1. The van der Waals surface area contributed by atoms with Gasteiger partial charge in [-0.2, -0.15) is 0 Å². The molecule has 26 heavy (non-hydrogen) atoms. The number of nitrogens with one attached hydrogen (secondary N) is 1. The van der Waals surface area contributed by atoms with E-state index in [1.54, 1.807) is 31.0 Å². The van der Waals surface area contributed by atoms with E-state index in [0.29, 0.717) is 23.6 Å². The van der Waals surface area contributed by atoms with Crippen LogP contribution in [0.15, 0.2) is 47.4 Å². The van der Waals surface area contributed by atoms with Gasteiger partial charge in [0.2, 0.25) is 5.91 Å². The molecule has 0 fully saturated rings. The Balaban J connectivity index is 1.93. The number of hydrogen-bond donors (Lipinski definition) is 1. The van der Waals surface area contributed by atoms with Gasteiger partial charge in [0.1, 0.15) is 11.5 Å². The predicted octanol–water partition coefficient (Wildman–Crippen LogP) is 3.61. The Morgan fingerprint density at radius 3 is 2.23 bits per heavy atom. The van der Waals surface area contributed by atoms with Crippen molar-refractivity contribution in [1.29, 1.82) is 0 Å². The molecule has 0 aliphatic heterocycles. The first-order valence-electron chi connectivity index (χ1n) is 7.90. The van der Waals surface area contributed by atoms with Crippen LogP contribution in [0, 0.1) is 0 Å². The number of carbonyl (C=O) groups is 2. The molecule has 1 amide bonds. The zero-order chi connectivity index (χ0) is 18.9. The molecule has 6 nitrogen and oxygen atoms in total. The van der Waals surface area contributed by atoms with Gasteiger partial charge in [0.05, 0.1) is 32.6 Å². The lowest BCUT2D eigenvalue weighted by molar-refractivity contribution is -0.115. The largest absolute Gasteiger partial charge is 0.497 e. The Morgan fingerprint density at radius 1 is 0.962 bits per heavy atom. The molecule has 0 unspecified atom stereocenters. The highest BCUT2D eigenvalue weighted by atomic mass is 32.2. The summed E-state index contributed by atoms with van der Waals surface area (Å²) >= 11 is 1.57. The minimum Gasteiger partial charge on any atom is -0.497 e. The van der Waals surface area contributed by atoms with Crippen molar-refractivity contribution in [2.24, 2.45) is 0 Å². The molecule has 0 aromatic heterocycles. The van der Waals surface area contributed by atoms with Gasteiger partial charge in [-0.1, -0.05) is 0 Å². The molecule has 0 atom stereocenters. The van der Waals surface area contributed by atoms with E-state index in [0.717, 1.165) is 10.6 Å². The fourth-order valence-electron chi connectivity index (χ4n) is 2.18. The molecule has 0 saturated heterocycles. The average molecular weight is 375 g/mol. The van der Waals surface area contributed by atoms with Crippen LogP contribution in [0.4, 0.5) is 5.69 Å². The van der Waals surface area contributed by atoms with Gasteiger partial charge in [-0.05, 0) is 42.5 Å². The van der Waals surface area contributed by atoms with Gasteiger partial charge in [-0.15, -0.1) is 11.8 Å². The summed E-state index contributed by atoms with van der Waals surface area (Å²) in [5, 5.41) is 2.75. The third kappa shape index (κ3) is 5.42. The van der Waals surface area contributed by atoms with E-state index in [-0.39, 0.29) is 11.5 Å².